The van der Waals surface area contributed by atoms with Gasteiger partial charge in [0.25, 0.3) is 0 Å². The predicted octanol–water partition coefficient (Wildman–Crippen LogP) is 3.69. The molecular formula is C16H26O4. The zero-order chi connectivity index (χ0) is 14.8. The first-order valence-corrected chi connectivity index (χ1v) is 7.98. The van der Waals surface area contributed by atoms with Crippen LogP contribution in [0.1, 0.15) is 71.1 Å². The van der Waals surface area contributed by atoms with Gasteiger partial charge >= 0.3 is 11.9 Å². The lowest BCUT2D eigenvalue weighted by Gasteiger charge is -2.53. The minimum absolute atomic E-state index is 0.0325. The van der Waals surface area contributed by atoms with Gasteiger partial charge in [-0.05, 0) is 38.0 Å². The summed E-state index contributed by atoms with van der Waals surface area (Å²) in [5.41, 5.74) is -2.12. The van der Waals surface area contributed by atoms with E-state index in [-0.39, 0.29) is 5.92 Å². The van der Waals surface area contributed by atoms with E-state index in [9.17, 15) is 19.8 Å². The van der Waals surface area contributed by atoms with Crippen LogP contribution in [0.3, 0.4) is 0 Å². The quantitative estimate of drug-likeness (QED) is 0.824. The normalized spacial score (nSPS) is 35.6. The molecule has 2 aliphatic rings. The van der Waals surface area contributed by atoms with Crippen molar-refractivity contribution < 1.29 is 19.8 Å². The zero-order valence-electron chi connectivity index (χ0n) is 12.4. The Hall–Kier alpha value is -1.06. The number of carboxylic acid groups (broad SMARTS) is 2. The smallest absolute Gasteiger partial charge is 0.311 e. The van der Waals surface area contributed by atoms with E-state index in [4.69, 9.17) is 0 Å². The van der Waals surface area contributed by atoms with E-state index < -0.39 is 22.8 Å². The fraction of sp³-hybridized carbons (Fsp3) is 0.875. The van der Waals surface area contributed by atoms with Gasteiger partial charge in [0.15, 0.2) is 0 Å². The minimum atomic E-state index is -1.07. The number of hydrogen-bond donors (Lipinski definition) is 2. The molecule has 2 aliphatic carbocycles. The summed E-state index contributed by atoms with van der Waals surface area (Å²) in [6, 6.07) is 0. The third kappa shape index (κ3) is 2.04. The maximum absolute atomic E-state index is 12.2. The first-order valence-electron chi connectivity index (χ1n) is 7.98. The summed E-state index contributed by atoms with van der Waals surface area (Å²) >= 11 is 0. The fourth-order valence-electron chi connectivity index (χ4n) is 4.91. The van der Waals surface area contributed by atoms with Crippen molar-refractivity contribution in [1.29, 1.82) is 0 Å². The summed E-state index contributed by atoms with van der Waals surface area (Å²) in [5, 5.41) is 19.8. The van der Waals surface area contributed by atoms with Crippen molar-refractivity contribution in [1.82, 2.24) is 0 Å². The molecule has 2 fully saturated rings. The second-order valence-electron chi connectivity index (χ2n) is 6.56. The molecule has 20 heavy (non-hydrogen) atoms. The molecule has 4 nitrogen and oxygen atoms in total. The first-order chi connectivity index (χ1) is 9.51. The topological polar surface area (TPSA) is 74.6 Å². The molecule has 0 spiro atoms. The average molecular weight is 282 g/mol. The van der Waals surface area contributed by atoms with Gasteiger partial charge in [0.05, 0.1) is 10.8 Å². The third-order valence-electron chi connectivity index (χ3n) is 5.98. The van der Waals surface area contributed by atoms with E-state index in [1.165, 1.54) is 0 Å². The Balaban J connectivity index is 2.50. The Bertz CT molecular complexity index is 386. The van der Waals surface area contributed by atoms with Gasteiger partial charge in [0.1, 0.15) is 0 Å². The van der Waals surface area contributed by atoms with Crippen LogP contribution in [0.4, 0.5) is 0 Å². The van der Waals surface area contributed by atoms with Crippen molar-refractivity contribution in [2.45, 2.75) is 71.1 Å². The lowest BCUT2D eigenvalue weighted by molar-refractivity contribution is -0.190. The van der Waals surface area contributed by atoms with Gasteiger partial charge in [-0.25, -0.2) is 0 Å². The Kier molecular flexibility index (Phi) is 4.40. The molecule has 0 amide bonds. The Morgan fingerprint density at radius 3 is 2.05 bits per heavy atom. The molecule has 0 aromatic heterocycles. The first kappa shape index (κ1) is 15.3. The van der Waals surface area contributed by atoms with Crippen LogP contribution in [-0.2, 0) is 9.59 Å². The van der Waals surface area contributed by atoms with Crippen LogP contribution < -0.4 is 0 Å². The van der Waals surface area contributed by atoms with E-state index in [2.05, 4.69) is 0 Å². The Labute approximate surface area is 120 Å². The fourth-order valence-corrected chi connectivity index (χ4v) is 4.91. The number of hydrogen-bond acceptors (Lipinski definition) is 2. The highest BCUT2D eigenvalue weighted by molar-refractivity contribution is 5.87. The minimum Gasteiger partial charge on any atom is -0.481 e. The van der Waals surface area contributed by atoms with Crippen molar-refractivity contribution in [2.75, 3.05) is 0 Å². The summed E-state index contributed by atoms with van der Waals surface area (Å²) in [4.78, 5) is 24.2. The van der Waals surface area contributed by atoms with E-state index in [1.807, 2.05) is 6.92 Å². The highest BCUT2D eigenvalue weighted by Gasteiger charge is 2.64. The summed E-state index contributed by atoms with van der Waals surface area (Å²) in [6.45, 7) is 1.85. The Morgan fingerprint density at radius 1 is 0.950 bits per heavy atom. The summed E-state index contributed by atoms with van der Waals surface area (Å²) in [6.07, 6.45) is 8.14. The van der Waals surface area contributed by atoms with Crippen molar-refractivity contribution in [2.24, 2.45) is 16.7 Å². The molecule has 114 valence electrons. The lowest BCUT2D eigenvalue weighted by atomic mass is 9.48. The molecule has 0 saturated heterocycles. The molecule has 2 saturated carbocycles. The van der Waals surface area contributed by atoms with Crippen LogP contribution >= 0.6 is 0 Å². The molecule has 2 rings (SSSR count). The largest absolute Gasteiger partial charge is 0.481 e. The van der Waals surface area contributed by atoms with E-state index in [1.54, 1.807) is 0 Å². The molecule has 4 heteroatoms. The van der Waals surface area contributed by atoms with Crippen LogP contribution in [0.15, 0.2) is 0 Å². The van der Waals surface area contributed by atoms with Crippen LogP contribution in [0.2, 0.25) is 0 Å². The average Bonchev–Trinajstić information content (AvgIpc) is 2.47. The van der Waals surface area contributed by atoms with Crippen LogP contribution in [0.25, 0.3) is 0 Å². The Morgan fingerprint density at radius 2 is 1.55 bits per heavy atom. The molecule has 2 N–H and O–H groups in total. The van der Waals surface area contributed by atoms with Crippen molar-refractivity contribution in [3.05, 3.63) is 0 Å². The lowest BCUT2D eigenvalue weighted by Crippen LogP contribution is -2.58. The van der Waals surface area contributed by atoms with E-state index in [0.717, 1.165) is 44.9 Å². The zero-order valence-corrected chi connectivity index (χ0v) is 12.4. The SMILES string of the molecule is CCC1(C(=O)O)CCCCC1(C(=O)O)C1CCCCC1. The highest BCUT2D eigenvalue weighted by atomic mass is 16.4. The van der Waals surface area contributed by atoms with Gasteiger partial charge in [0.2, 0.25) is 0 Å². The maximum Gasteiger partial charge on any atom is 0.311 e. The van der Waals surface area contributed by atoms with Gasteiger partial charge in [-0.3, -0.25) is 9.59 Å². The molecule has 2 atom stereocenters. The molecular weight excluding hydrogens is 256 g/mol. The summed E-state index contributed by atoms with van der Waals surface area (Å²) < 4.78 is 0. The number of carbonyl (C=O) groups is 2. The standard InChI is InChI=1S/C16H26O4/c1-2-15(13(17)18)10-6-7-11-16(15,14(19)20)12-8-4-3-5-9-12/h12H,2-11H2,1H3,(H,17,18)(H,19,20). The van der Waals surface area contributed by atoms with Gasteiger partial charge in [0, 0.05) is 0 Å². The number of carboxylic acids is 2. The molecule has 0 radical (unpaired) electrons. The number of aliphatic carboxylic acids is 2. The van der Waals surface area contributed by atoms with Crippen LogP contribution in [0.5, 0.6) is 0 Å². The predicted molar refractivity (Wildman–Crippen MR) is 75.5 cm³/mol. The molecule has 2 unspecified atom stereocenters. The van der Waals surface area contributed by atoms with Crippen molar-refractivity contribution >= 4 is 11.9 Å². The molecule has 0 heterocycles. The molecule has 0 aromatic rings. The second-order valence-corrected chi connectivity index (χ2v) is 6.56. The second kappa shape index (κ2) is 5.74. The number of rotatable bonds is 4. The van der Waals surface area contributed by atoms with E-state index in [0.29, 0.717) is 19.3 Å². The maximum atomic E-state index is 12.2. The third-order valence-corrected chi connectivity index (χ3v) is 5.98. The van der Waals surface area contributed by atoms with Crippen LogP contribution in [0, 0.1) is 16.7 Å². The molecule has 0 bridgehead atoms. The monoisotopic (exact) mass is 282 g/mol. The van der Waals surface area contributed by atoms with E-state index >= 15 is 0 Å². The van der Waals surface area contributed by atoms with Gasteiger partial charge in [-0.2, -0.15) is 0 Å². The van der Waals surface area contributed by atoms with Crippen LogP contribution in [-0.4, -0.2) is 22.2 Å². The highest BCUT2D eigenvalue weighted by Crippen LogP contribution is 2.60. The van der Waals surface area contributed by atoms with Gasteiger partial charge in [-0.15, -0.1) is 0 Å². The summed E-state index contributed by atoms with van der Waals surface area (Å²) in [7, 11) is 0. The van der Waals surface area contributed by atoms with Crippen molar-refractivity contribution in [3.8, 4) is 0 Å². The molecule has 0 aliphatic heterocycles. The van der Waals surface area contributed by atoms with Gasteiger partial charge < -0.3 is 10.2 Å². The van der Waals surface area contributed by atoms with Gasteiger partial charge in [-0.1, -0.05) is 39.0 Å². The summed E-state index contributed by atoms with van der Waals surface area (Å²) in [5.74, 6) is -1.73. The van der Waals surface area contributed by atoms with Crippen molar-refractivity contribution in [3.63, 3.8) is 0 Å². The molecule has 0 aromatic carbocycles.